The zero-order chi connectivity index (χ0) is 15.8. The molecule has 1 heterocycles. The highest BCUT2D eigenvalue weighted by Crippen LogP contribution is 2.42. The number of nitrogens with two attached hydrogens (primary N) is 1. The van der Waals surface area contributed by atoms with Gasteiger partial charge in [0.05, 0.1) is 0 Å². The molecule has 0 saturated heterocycles. The van der Waals surface area contributed by atoms with Gasteiger partial charge in [0, 0.05) is 12.1 Å². The summed E-state index contributed by atoms with van der Waals surface area (Å²) in [6.07, 6.45) is -5.83. The fourth-order valence-corrected chi connectivity index (χ4v) is 1.60. The van der Waals surface area contributed by atoms with Gasteiger partial charge in [0.25, 0.3) is 0 Å². The summed E-state index contributed by atoms with van der Waals surface area (Å²) in [7, 11) is 0. The maximum Gasteiger partial charge on any atom is 0.463 e. The van der Waals surface area contributed by atoms with Gasteiger partial charge in [-0.1, -0.05) is 17.3 Å². The number of halogens is 5. The molecular formula is C12H10F5N3O. The summed E-state index contributed by atoms with van der Waals surface area (Å²) in [5, 5.41) is 3.15. The first-order valence-electron chi connectivity index (χ1n) is 5.74. The topological polar surface area (TPSA) is 64.9 Å². The van der Waals surface area contributed by atoms with E-state index in [1.165, 1.54) is 0 Å². The summed E-state index contributed by atoms with van der Waals surface area (Å²) >= 11 is 0. The lowest BCUT2D eigenvalue weighted by Gasteiger charge is -2.14. The van der Waals surface area contributed by atoms with Crippen LogP contribution in [0.4, 0.5) is 27.6 Å². The number of hydrogen-bond acceptors (Lipinski definition) is 4. The molecule has 0 aliphatic carbocycles. The van der Waals surface area contributed by atoms with Crippen molar-refractivity contribution in [3.05, 3.63) is 41.0 Å². The number of rotatable bonds is 3. The SMILES string of the molecule is Cc1cc(Cc2noc(C(F)(F)C(F)(F)F)n2)ccc1N. The Kier molecular flexibility index (Phi) is 3.60. The van der Waals surface area contributed by atoms with Crippen LogP contribution in [0.15, 0.2) is 22.7 Å². The normalized spacial score (nSPS) is 12.7. The quantitative estimate of drug-likeness (QED) is 0.698. The Hall–Kier alpha value is -2.19. The second-order valence-electron chi connectivity index (χ2n) is 4.46. The van der Waals surface area contributed by atoms with Crippen molar-refractivity contribution in [2.24, 2.45) is 0 Å². The molecule has 2 rings (SSSR count). The molecule has 0 aliphatic rings. The highest BCUT2D eigenvalue weighted by molar-refractivity contribution is 5.48. The predicted octanol–water partition coefficient (Wildman–Crippen LogP) is 3.21. The standard InChI is InChI=1S/C12H10F5N3O/c1-6-4-7(2-3-8(6)18)5-9-19-10(21-20-9)11(13,14)12(15,16)17/h2-4H,5,18H2,1H3. The van der Waals surface area contributed by atoms with Crippen LogP contribution in [0.3, 0.4) is 0 Å². The average molecular weight is 307 g/mol. The van der Waals surface area contributed by atoms with E-state index in [4.69, 9.17) is 5.73 Å². The first-order valence-corrected chi connectivity index (χ1v) is 5.74. The lowest BCUT2D eigenvalue weighted by molar-refractivity contribution is -0.298. The molecular weight excluding hydrogens is 297 g/mol. The molecule has 2 aromatic rings. The predicted molar refractivity (Wildman–Crippen MR) is 62.6 cm³/mol. The molecule has 9 heteroatoms. The first kappa shape index (κ1) is 15.2. The number of anilines is 1. The van der Waals surface area contributed by atoms with E-state index in [0.29, 0.717) is 11.3 Å². The Labute approximate surface area is 115 Å². The molecule has 0 bridgehead atoms. The minimum atomic E-state index is -5.78. The van der Waals surface area contributed by atoms with Crippen molar-refractivity contribution < 1.29 is 26.5 Å². The van der Waals surface area contributed by atoms with Crippen LogP contribution in [0.5, 0.6) is 0 Å². The molecule has 0 aliphatic heterocycles. The van der Waals surface area contributed by atoms with Gasteiger partial charge in [-0.25, -0.2) is 0 Å². The average Bonchev–Trinajstić information content (AvgIpc) is 2.81. The molecule has 0 fully saturated rings. The molecule has 0 radical (unpaired) electrons. The van der Waals surface area contributed by atoms with E-state index in [2.05, 4.69) is 14.7 Å². The van der Waals surface area contributed by atoms with Gasteiger partial charge >= 0.3 is 18.0 Å². The molecule has 21 heavy (non-hydrogen) atoms. The summed E-state index contributed by atoms with van der Waals surface area (Å²) in [6, 6.07) is 4.85. The number of nitrogens with zero attached hydrogens (tertiary/aromatic N) is 2. The summed E-state index contributed by atoms with van der Waals surface area (Å²) in [6.45, 7) is 1.73. The number of aromatic nitrogens is 2. The van der Waals surface area contributed by atoms with Crippen LogP contribution in [0.2, 0.25) is 0 Å². The summed E-state index contributed by atoms with van der Waals surface area (Å²) in [4.78, 5) is 3.12. The van der Waals surface area contributed by atoms with Crippen LogP contribution < -0.4 is 5.73 Å². The van der Waals surface area contributed by atoms with Crippen molar-refractivity contribution in [3.63, 3.8) is 0 Å². The van der Waals surface area contributed by atoms with E-state index >= 15 is 0 Å². The zero-order valence-electron chi connectivity index (χ0n) is 10.7. The minimum absolute atomic E-state index is 0.0431. The van der Waals surface area contributed by atoms with Crippen molar-refractivity contribution in [3.8, 4) is 0 Å². The van der Waals surface area contributed by atoms with Gasteiger partial charge < -0.3 is 10.3 Å². The lowest BCUT2D eigenvalue weighted by Crippen LogP contribution is -2.34. The van der Waals surface area contributed by atoms with E-state index in [1.807, 2.05) is 0 Å². The number of benzene rings is 1. The first-order chi connectivity index (χ1) is 9.61. The summed E-state index contributed by atoms with van der Waals surface area (Å²) in [5.41, 5.74) is 7.52. The number of alkyl halides is 5. The largest absolute Gasteiger partial charge is 0.463 e. The third-order valence-electron chi connectivity index (χ3n) is 2.79. The third kappa shape index (κ3) is 2.96. The van der Waals surface area contributed by atoms with Crippen LogP contribution in [0.25, 0.3) is 0 Å². The van der Waals surface area contributed by atoms with Crippen LogP contribution >= 0.6 is 0 Å². The molecule has 4 nitrogen and oxygen atoms in total. The van der Waals surface area contributed by atoms with Crippen LogP contribution in [0, 0.1) is 6.92 Å². The van der Waals surface area contributed by atoms with E-state index in [-0.39, 0.29) is 12.2 Å². The fourth-order valence-electron chi connectivity index (χ4n) is 1.60. The summed E-state index contributed by atoms with van der Waals surface area (Å²) < 4.78 is 66.5. The molecule has 0 amide bonds. The van der Waals surface area contributed by atoms with E-state index in [0.717, 1.165) is 5.56 Å². The third-order valence-corrected chi connectivity index (χ3v) is 2.79. The number of aryl methyl sites for hydroxylation is 1. The van der Waals surface area contributed by atoms with Crippen molar-refractivity contribution in [2.45, 2.75) is 25.4 Å². The smallest absolute Gasteiger partial charge is 0.399 e. The Morgan fingerprint density at radius 2 is 1.86 bits per heavy atom. The second-order valence-corrected chi connectivity index (χ2v) is 4.46. The van der Waals surface area contributed by atoms with Gasteiger partial charge in [0.1, 0.15) is 0 Å². The molecule has 2 N–H and O–H groups in total. The van der Waals surface area contributed by atoms with Crippen LogP contribution in [0.1, 0.15) is 22.8 Å². The molecule has 0 atom stereocenters. The molecule has 0 unspecified atom stereocenters. The molecule has 0 spiro atoms. The highest BCUT2D eigenvalue weighted by atomic mass is 19.4. The van der Waals surface area contributed by atoms with Gasteiger partial charge in [0.15, 0.2) is 5.82 Å². The van der Waals surface area contributed by atoms with Crippen molar-refractivity contribution in [1.29, 1.82) is 0 Å². The fraction of sp³-hybridized carbons (Fsp3) is 0.333. The Morgan fingerprint density at radius 3 is 2.43 bits per heavy atom. The second kappa shape index (κ2) is 4.97. The van der Waals surface area contributed by atoms with Gasteiger partial charge in [-0.3, -0.25) is 0 Å². The van der Waals surface area contributed by atoms with E-state index < -0.39 is 18.0 Å². The van der Waals surface area contributed by atoms with Crippen molar-refractivity contribution in [2.75, 3.05) is 5.73 Å². The lowest BCUT2D eigenvalue weighted by atomic mass is 10.1. The maximum atomic E-state index is 13.0. The van der Waals surface area contributed by atoms with Crippen LogP contribution in [-0.2, 0) is 12.3 Å². The van der Waals surface area contributed by atoms with Gasteiger partial charge in [-0.05, 0) is 24.1 Å². The highest BCUT2D eigenvalue weighted by Gasteiger charge is 2.63. The van der Waals surface area contributed by atoms with E-state index in [1.54, 1.807) is 25.1 Å². The Morgan fingerprint density at radius 1 is 1.19 bits per heavy atom. The zero-order valence-corrected chi connectivity index (χ0v) is 10.7. The van der Waals surface area contributed by atoms with E-state index in [9.17, 15) is 22.0 Å². The van der Waals surface area contributed by atoms with Gasteiger partial charge in [-0.2, -0.15) is 26.9 Å². The van der Waals surface area contributed by atoms with Gasteiger partial charge in [-0.15, -0.1) is 0 Å². The van der Waals surface area contributed by atoms with Crippen molar-refractivity contribution in [1.82, 2.24) is 10.1 Å². The monoisotopic (exact) mass is 307 g/mol. The number of hydrogen-bond donors (Lipinski definition) is 1. The van der Waals surface area contributed by atoms with Gasteiger partial charge in [0.2, 0.25) is 0 Å². The van der Waals surface area contributed by atoms with Crippen LogP contribution in [-0.4, -0.2) is 16.3 Å². The molecule has 1 aromatic heterocycles. The Balaban J connectivity index is 2.22. The molecule has 114 valence electrons. The summed E-state index contributed by atoms with van der Waals surface area (Å²) in [5.74, 6) is -7.20. The van der Waals surface area contributed by atoms with Crippen molar-refractivity contribution >= 4 is 5.69 Å². The Bertz CT molecular complexity index is 651. The molecule has 1 aromatic carbocycles. The molecule has 0 saturated carbocycles. The maximum absolute atomic E-state index is 13.0. The minimum Gasteiger partial charge on any atom is -0.399 e. The number of nitrogen functional groups attached to an aromatic ring is 1.